The van der Waals surface area contributed by atoms with Crippen LogP contribution < -0.4 is 0 Å². The van der Waals surface area contributed by atoms with Crippen LogP contribution in [-0.4, -0.2) is 25.0 Å². The van der Waals surface area contributed by atoms with E-state index in [1.807, 2.05) is 0 Å². The van der Waals surface area contributed by atoms with Gasteiger partial charge in [0.05, 0.1) is 0 Å². The largest absolute Gasteiger partial charge is 0.307 e. The van der Waals surface area contributed by atoms with Gasteiger partial charge in [0.2, 0.25) is 0 Å². The molecule has 17 heavy (non-hydrogen) atoms. The number of rotatable bonds is 12. The van der Waals surface area contributed by atoms with E-state index < -0.39 is 0 Å². The van der Waals surface area contributed by atoms with Gasteiger partial charge >= 0.3 is 0 Å². The zero-order valence-corrected chi connectivity index (χ0v) is 12.8. The highest BCUT2D eigenvalue weighted by atomic mass is 15.1. The number of hydrogen-bond acceptors (Lipinski definition) is 1. The summed E-state index contributed by atoms with van der Waals surface area (Å²) in [6.07, 6.45) is 13.0. The van der Waals surface area contributed by atoms with Crippen LogP contribution >= 0.6 is 0 Å². The lowest BCUT2D eigenvalue weighted by Gasteiger charge is -2.12. The van der Waals surface area contributed by atoms with E-state index >= 15 is 0 Å². The third-order valence-electron chi connectivity index (χ3n) is 3.61. The van der Waals surface area contributed by atoms with Crippen LogP contribution in [0, 0.1) is 5.92 Å². The summed E-state index contributed by atoms with van der Waals surface area (Å²) in [6, 6.07) is 0. The van der Waals surface area contributed by atoms with E-state index in [4.69, 9.17) is 0 Å². The molecule has 0 radical (unpaired) electrons. The van der Waals surface area contributed by atoms with E-state index in [-0.39, 0.29) is 0 Å². The van der Waals surface area contributed by atoms with Gasteiger partial charge in [0.25, 0.3) is 0 Å². The lowest BCUT2D eigenvalue weighted by molar-refractivity contribution is 0.340. The van der Waals surface area contributed by atoms with Gasteiger partial charge in [-0.3, -0.25) is 0 Å². The second-order valence-corrected chi connectivity index (χ2v) is 5.91. The molecule has 1 heteroatoms. The van der Waals surface area contributed by atoms with Gasteiger partial charge in [0, 0.05) is 0 Å². The Morgan fingerprint density at radius 1 is 0.765 bits per heavy atom. The Morgan fingerprint density at radius 2 is 1.24 bits per heavy atom. The smallest absolute Gasteiger partial charge is 0.00219 e. The van der Waals surface area contributed by atoms with E-state index in [1.165, 1.54) is 70.9 Å². The summed E-state index contributed by atoms with van der Waals surface area (Å²) < 4.78 is 0. The first-order chi connectivity index (χ1) is 8.16. The van der Waals surface area contributed by atoms with Crippen LogP contribution in [0.2, 0.25) is 0 Å². The van der Waals surface area contributed by atoms with Crippen LogP contribution in [0.5, 0.6) is 0 Å². The van der Waals surface area contributed by atoms with Gasteiger partial charge in [0.15, 0.2) is 0 Å². The normalized spacial score (nSPS) is 11.6. The quantitative estimate of drug-likeness (QED) is 0.429. The first kappa shape index (κ1) is 17.0. The number of nitrogens with zero attached hydrogens (tertiary/aromatic N) is 1. The average molecular weight is 241 g/mol. The molecule has 0 fully saturated rings. The van der Waals surface area contributed by atoms with Crippen LogP contribution in [0.3, 0.4) is 0 Å². The van der Waals surface area contributed by atoms with Crippen LogP contribution in [0.25, 0.3) is 0 Å². The fourth-order valence-corrected chi connectivity index (χ4v) is 2.15. The molecular weight excluding hydrogens is 206 g/mol. The molecule has 0 amide bonds. The van der Waals surface area contributed by atoms with Gasteiger partial charge in [-0.2, -0.15) is 0 Å². The van der Waals surface area contributed by atoms with E-state index in [1.54, 1.807) is 0 Å². The standard InChI is InChI=1S/C16H35N/c1-5-17(4)15-13-11-9-7-6-8-10-12-14-16(2)3/h16H,5-15H2,1-4H3. The molecule has 0 aromatic heterocycles. The molecule has 0 atom stereocenters. The lowest BCUT2D eigenvalue weighted by atomic mass is 10.0. The van der Waals surface area contributed by atoms with Crippen molar-refractivity contribution in [3.63, 3.8) is 0 Å². The van der Waals surface area contributed by atoms with Crippen LogP contribution in [0.4, 0.5) is 0 Å². The molecule has 0 N–H and O–H groups in total. The molecule has 0 unspecified atom stereocenters. The second-order valence-electron chi connectivity index (χ2n) is 5.91. The third-order valence-corrected chi connectivity index (χ3v) is 3.61. The minimum Gasteiger partial charge on any atom is -0.307 e. The minimum atomic E-state index is 0.894. The average Bonchev–Trinajstić information content (AvgIpc) is 2.30. The topological polar surface area (TPSA) is 3.24 Å². The molecule has 0 aliphatic heterocycles. The molecule has 104 valence electrons. The third kappa shape index (κ3) is 13.9. The number of unbranched alkanes of at least 4 members (excludes halogenated alkanes) is 7. The lowest BCUT2D eigenvalue weighted by Crippen LogP contribution is -2.18. The zero-order chi connectivity index (χ0) is 12.9. The molecule has 1 nitrogen and oxygen atoms in total. The van der Waals surface area contributed by atoms with Crippen molar-refractivity contribution in [2.45, 2.75) is 78.6 Å². The monoisotopic (exact) mass is 241 g/mol. The SMILES string of the molecule is CCN(C)CCCCCCCCCCC(C)C. The van der Waals surface area contributed by atoms with Gasteiger partial charge < -0.3 is 4.90 Å². The van der Waals surface area contributed by atoms with Crippen molar-refractivity contribution in [1.29, 1.82) is 0 Å². The highest BCUT2D eigenvalue weighted by molar-refractivity contribution is 4.51. The van der Waals surface area contributed by atoms with Gasteiger partial charge in [-0.15, -0.1) is 0 Å². The van der Waals surface area contributed by atoms with E-state index in [0.717, 1.165) is 5.92 Å². The summed E-state index contributed by atoms with van der Waals surface area (Å²) in [7, 11) is 2.22. The van der Waals surface area contributed by atoms with Gasteiger partial charge in [-0.05, 0) is 32.5 Å². The van der Waals surface area contributed by atoms with Crippen molar-refractivity contribution >= 4 is 0 Å². The maximum absolute atomic E-state index is 2.41. The molecule has 0 saturated carbocycles. The molecule has 0 bridgehead atoms. The minimum absolute atomic E-state index is 0.894. The molecule has 0 aromatic rings. The maximum atomic E-state index is 2.41. The highest BCUT2D eigenvalue weighted by Gasteiger charge is 1.96. The Morgan fingerprint density at radius 3 is 1.71 bits per heavy atom. The molecule has 0 aliphatic rings. The molecular formula is C16H35N. The first-order valence-electron chi connectivity index (χ1n) is 7.85. The Kier molecular flexibility index (Phi) is 12.4. The Labute approximate surface area is 110 Å². The Hall–Kier alpha value is -0.0400. The molecule has 0 spiro atoms. The summed E-state index contributed by atoms with van der Waals surface area (Å²) in [5.41, 5.74) is 0. The molecule has 0 aromatic carbocycles. The van der Waals surface area contributed by atoms with Crippen LogP contribution in [0.15, 0.2) is 0 Å². The molecule has 0 aliphatic carbocycles. The predicted molar refractivity (Wildman–Crippen MR) is 79.6 cm³/mol. The highest BCUT2D eigenvalue weighted by Crippen LogP contribution is 2.12. The molecule has 0 saturated heterocycles. The van der Waals surface area contributed by atoms with Crippen molar-refractivity contribution in [2.24, 2.45) is 5.92 Å². The first-order valence-corrected chi connectivity index (χ1v) is 7.85. The fourth-order valence-electron chi connectivity index (χ4n) is 2.15. The fraction of sp³-hybridized carbons (Fsp3) is 1.00. The van der Waals surface area contributed by atoms with Crippen molar-refractivity contribution in [1.82, 2.24) is 4.90 Å². The Bertz CT molecular complexity index is 142. The van der Waals surface area contributed by atoms with Gasteiger partial charge in [0.1, 0.15) is 0 Å². The molecule has 0 rings (SSSR count). The number of hydrogen-bond donors (Lipinski definition) is 0. The van der Waals surface area contributed by atoms with Crippen LogP contribution in [-0.2, 0) is 0 Å². The van der Waals surface area contributed by atoms with E-state index in [9.17, 15) is 0 Å². The van der Waals surface area contributed by atoms with E-state index in [2.05, 4.69) is 32.7 Å². The summed E-state index contributed by atoms with van der Waals surface area (Å²) in [4.78, 5) is 2.41. The summed E-state index contributed by atoms with van der Waals surface area (Å²) in [6.45, 7) is 9.36. The van der Waals surface area contributed by atoms with Crippen molar-refractivity contribution < 1.29 is 0 Å². The van der Waals surface area contributed by atoms with E-state index in [0.29, 0.717) is 0 Å². The van der Waals surface area contributed by atoms with Gasteiger partial charge in [-0.1, -0.05) is 72.1 Å². The summed E-state index contributed by atoms with van der Waals surface area (Å²) in [5, 5.41) is 0. The van der Waals surface area contributed by atoms with Crippen LogP contribution in [0.1, 0.15) is 78.6 Å². The predicted octanol–water partition coefficient (Wildman–Crippen LogP) is 5.11. The zero-order valence-electron chi connectivity index (χ0n) is 12.8. The summed E-state index contributed by atoms with van der Waals surface area (Å²) >= 11 is 0. The van der Waals surface area contributed by atoms with Gasteiger partial charge in [-0.25, -0.2) is 0 Å². The van der Waals surface area contributed by atoms with Crippen molar-refractivity contribution in [3.8, 4) is 0 Å². The second kappa shape index (κ2) is 12.4. The Balaban J connectivity index is 2.99. The maximum Gasteiger partial charge on any atom is -0.00219 e. The van der Waals surface area contributed by atoms with Crippen molar-refractivity contribution in [2.75, 3.05) is 20.1 Å². The summed E-state index contributed by atoms with van der Waals surface area (Å²) in [5.74, 6) is 0.894. The van der Waals surface area contributed by atoms with Crippen molar-refractivity contribution in [3.05, 3.63) is 0 Å². The molecule has 0 heterocycles.